The molecule has 27 heteroatoms. The highest BCUT2D eigenvalue weighted by Gasteiger charge is 2.53. The molecule has 11 N–H and O–H groups in total. The summed E-state index contributed by atoms with van der Waals surface area (Å²) in [5.74, 6) is -8.67. The zero-order chi connectivity index (χ0) is 52.0. The number of rotatable bonds is 20. The van der Waals surface area contributed by atoms with Crippen molar-refractivity contribution in [1.82, 2.24) is 25.6 Å². The van der Waals surface area contributed by atoms with Crippen LogP contribution in [-0.2, 0) is 47.5 Å². The van der Waals surface area contributed by atoms with Crippen LogP contribution >= 0.6 is 0 Å². The van der Waals surface area contributed by atoms with E-state index < -0.39 is 171 Å². The Morgan fingerprint density at radius 1 is 0.845 bits per heavy atom. The monoisotopic (exact) mass is 1020 g/mol. The average Bonchev–Trinajstić information content (AvgIpc) is 3.82. The maximum atomic E-state index is 14.0. The second kappa shape index (κ2) is 24.8. The van der Waals surface area contributed by atoms with Gasteiger partial charge in [0.1, 0.15) is 72.7 Å². The summed E-state index contributed by atoms with van der Waals surface area (Å²) in [4.78, 5) is 38.9. The molecule has 71 heavy (non-hydrogen) atoms. The van der Waals surface area contributed by atoms with Crippen LogP contribution in [0.4, 0.5) is 13.2 Å². The lowest BCUT2D eigenvalue weighted by atomic mass is 9.75. The summed E-state index contributed by atoms with van der Waals surface area (Å²) in [6.45, 7) is 4.02. The van der Waals surface area contributed by atoms with Gasteiger partial charge in [0.2, 0.25) is 11.8 Å². The van der Waals surface area contributed by atoms with Crippen LogP contribution in [0.15, 0.2) is 18.3 Å². The topological polar surface area (TPSA) is 353 Å². The molecule has 1 aromatic heterocycles. The number of hydrogen-bond donors (Lipinski definition) is 11. The van der Waals surface area contributed by atoms with Crippen LogP contribution in [0.1, 0.15) is 65.8 Å². The first kappa shape index (κ1) is 56.3. The van der Waals surface area contributed by atoms with E-state index in [1.807, 2.05) is 0 Å². The lowest BCUT2D eigenvalue weighted by molar-refractivity contribution is -0.338. The third kappa shape index (κ3) is 12.8. The lowest BCUT2D eigenvalue weighted by Gasteiger charge is -2.49. The molecule has 2 aromatic rings. The summed E-state index contributed by atoms with van der Waals surface area (Å²) in [6.07, 6.45) is -21.8. The molecule has 400 valence electrons. The molecular formula is C44H64F3N5O19. The van der Waals surface area contributed by atoms with Gasteiger partial charge in [-0.25, -0.2) is 22.6 Å². The maximum absolute atomic E-state index is 14.0. The van der Waals surface area contributed by atoms with Crippen molar-refractivity contribution in [2.45, 2.75) is 170 Å². The van der Waals surface area contributed by atoms with Crippen molar-refractivity contribution in [1.29, 1.82) is 0 Å². The first-order valence-corrected chi connectivity index (χ1v) is 23.4. The highest BCUT2D eigenvalue weighted by molar-refractivity contribution is 5.79. The second-order valence-corrected chi connectivity index (χ2v) is 18.1. The molecule has 4 fully saturated rings. The Balaban J connectivity index is 1.19. The number of aliphatic hydroxyl groups excluding tert-OH is 8. The number of aliphatic carboxylic acids is 1. The Kier molecular flexibility index (Phi) is 19.6. The Bertz CT molecular complexity index is 2080. The van der Waals surface area contributed by atoms with Crippen LogP contribution in [0.2, 0.25) is 0 Å². The molecule has 0 radical (unpaired) electrons. The molecular weight excluding hydrogens is 959 g/mol. The zero-order valence-electron chi connectivity index (χ0n) is 39.2. The predicted octanol–water partition coefficient (Wildman–Crippen LogP) is -2.27. The van der Waals surface area contributed by atoms with Crippen molar-refractivity contribution in [3.05, 3.63) is 35.8 Å². The highest BCUT2D eigenvalue weighted by Crippen LogP contribution is 2.40. The van der Waals surface area contributed by atoms with E-state index in [2.05, 4.69) is 20.9 Å². The molecule has 4 heterocycles. The number of benzene rings is 1. The molecule has 12 unspecified atom stereocenters. The van der Waals surface area contributed by atoms with Gasteiger partial charge in [-0.05, 0) is 44.2 Å². The molecule has 1 aliphatic carbocycles. The van der Waals surface area contributed by atoms with Crippen molar-refractivity contribution >= 4 is 17.8 Å². The minimum Gasteiger partial charge on any atom is -0.479 e. The summed E-state index contributed by atoms with van der Waals surface area (Å²) >= 11 is 0. The van der Waals surface area contributed by atoms with Gasteiger partial charge in [0.15, 0.2) is 42.4 Å². The largest absolute Gasteiger partial charge is 0.479 e. The Hall–Kier alpha value is -4.04. The number of aliphatic hydroxyl groups is 8. The van der Waals surface area contributed by atoms with Gasteiger partial charge in [0.25, 0.3) is 0 Å². The van der Waals surface area contributed by atoms with E-state index in [9.17, 15) is 73.5 Å². The van der Waals surface area contributed by atoms with Gasteiger partial charge >= 0.3 is 5.97 Å². The van der Waals surface area contributed by atoms with Crippen LogP contribution in [0.25, 0.3) is 11.3 Å². The number of carboxylic acid groups (broad SMARTS) is 1. The van der Waals surface area contributed by atoms with Crippen molar-refractivity contribution < 1.29 is 107 Å². The molecule has 3 aliphatic heterocycles. The number of halogens is 3. The first-order valence-electron chi connectivity index (χ1n) is 23.4. The van der Waals surface area contributed by atoms with Gasteiger partial charge in [0.05, 0.1) is 44.3 Å². The van der Waals surface area contributed by atoms with E-state index in [1.165, 1.54) is 6.92 Å². The molecule has 2 amide bonds. The normalized spacial score (nSPS) is 37.0. The summed E-state index contributed by atoms with van der Waals surface area (Å²) < 4.78 is 84.5. The second-order valence-electron chi connectivity index (χ2n) is 18.1. The number of amides is 2. The van der Waals surface area contributed by atoms with Gasteiger partial charge in [-0.2, -0.15) is 0 Å². The SMILES string of the molecule is CCC[C@H](OC1C(NC(C)=O)[C@H](O[C@@H]2CC(C(=O)NCCO[C@H]3OC(CO)[C@@H](O)C(n4cc(-c5cc(F)c(F)c(F)c5)nn4)C3O)CC(CC)C2O[C@@H]2OC(C)[C@@H](O)C(O)C2O)OC(CO)[C@@H]1O)C(=O)O. The summed E-state index contributed by atoms with van der Waals surface area (Å²) in [7, 11) is 0. The molecule has 20 atom stereocenters. The Morgan fingerprint density at radius 3 is 2.13 bits per heavy atom. The molecule has 0 bridgehead atoms. The number of aromatic nitrogens is 3. The number of nitrogens with zero attached hydrogens (tertiary/aromatic N) is 3. The lowest BCUT2D eigenvalue weighted by Crippen LogP contribution is -2.67. The summed E-state index contributed by atoms with van der Waals surface area (Å²) in [5, 5.41) is 109. The summed E-state index contributed by atoms with van der Waals surface area (Å²) in [6, 6.07) is -1.46. The quantitative estimate of drug-likeness (QED) is 0.0492. The Labute approximate surface area is 404 Å². The predicted molar refractivity (Wildman–Crippen MR) is 230 cm³/mol. The molecule has 6 rings (SSSR count). The zero-order valence-corrected chi connectivity index (χ0v) is 39.2. The molecule has 3 saturated heterocycles. The van der Waals surface area contributed by atoms with Gasteiger partial charge in [-0.15, -0.1) is 5.10 Å². The van der Waals surface area contributed by atoms with Crippen molar-refractivity contribution in [3.63, 3.8) is 0 Å². The molecule has 1 aromatic carbocycles. The van der Waals surface area contributed by atoms with Crippen LogP contribution < -0.4 is 10.6 Å². The van der Waals surface area contributed by atoms with Gasteiger partial charge < -0.3 is 89.8 Å². The van der Waals surface area contributed by atoms with Crippen molar-refractivity contribution in [2.24, 2.45) is 11.8 Å². The van der Waals surface area contributed by atoms with Crippen molar-refractivity contribution in [3.8, 4) is 11.3 Å². The average molecular weight is 1020 g/mol. The number of carbonyl (C=O) groups is 3. The van der Waals surface area contributed by atoms with E-state index in [0.29, 0.717) is 25.0 Å². The molecule has 4 aliphatic rings. The van der Waals surface area contributed by atoms with Crippen LogP contribution in [0.5, 0.6) is 0 Å². The van der Waals surface area contributed by atoms with Crippen LogP contribution in [0.3, 0.4) is 0 Å². The van der Waals surface area contributed by atoms with Gasteiger partial charge in [-0.1, -0.05) is 31.9 Å². The fraction of sp³-hybridized carbons (Fsp3) is 0.750. The van der Waals surface area contributed by atoms with Crippen LogP contribution in [0, 0.1) is 29.3 Å². The molecule has 0 spiro atoms. The van der Waals surface area contributed by atoms with Crippen molar-refractivity contribution in [2.75, 3.05) is 26.4 Å². The van der Waals surface area contributed by atoms with E-state index in [4.69, 9.17) is 33.2 Å². The number of hydrogen-bond acceptors (Lipinski definition) is 20. The number of nitrogens with one attached hydrogen (secondary N) is 2. The third-order valence-electron chi connectivity index (χ3n) is 13.2. The first-order chi connectivity index (χ1) is 33.7. The fourth-order valence-electron chi connectivity index (χ4n) is 9.42. The van der Waals surface area contributed by atoms with E-state index in [1.54, 1.807) is 13.8 Å². The summed E-state index contributed by atoms with van der Waals surface area (Å²) in [5.41, 5.74) is -0.353. The number of ether oxygens (including phenoxy) is 7. The maximum Gasteiger partial charge on any atom is 0.332 e. The number of carboxylic acids is 1. The molecule has 24 nitrogen and oxygen atoms in total. The van der Waals surface area contributed by atoms with Gasteiger partial charge in [0, 0.05) is 24.9 Å². The van der Waals surface area contributed by atoms with E-state index in [-0.39, 0.29) is 43.7 Å². The third-order valence-corrected chi connectivity index (χ3v) is 13.2. The molecule has 1 saturated carbocycles. The smallest absolute Gasteiger partial charge is 0.332 e. The minimum absolute atomic E-state index is 0.0157. The highest BCUT2D eigenvalue weighted by atomic mass is 19.2. The standard InChI is InChI=1S/C44H64F3N5O19/c1-5-7-25(41(63)64)67-39-30(49-18(4)55)42(69-28(16-54)34(39)58)68-26-13-21(10-19(6-2)38(26)71-44-37(61)36(60)32(56)17(3)66-44)40(62)48-8-9-65-43-35(59)31(33(57)27(15-53)70-43)52-14-24(50-51-52)20-11-22(45)29(47)23(46)12-20/h11-12,14,17,19,21,25-28,30-39,42-44,53-54,56-61H,5-10,13,15-16H2,1-4H3,(H,48,62)(H,49,55)(H,63,64)/t17?,19?,21?,25-,26+,27?,28?,30?,31?,32+,33+,34-,35?,36?,37?,38?,39?,42+,43-,44-/m0/s1. The van der Waals surface area contributed by atoms with Crippen LogP contribution in [-0.4, -0.2) is 209 Å². The van der Waals surface area contributed by atoms with E-state index in [0.717, 1.165) is 17.8 Å². The Morgan fingerprint density at radius 2 is 1.51 bits per heavy atom. The minimum atomic E-state index is -1.75. The van der Waals surface area contributed by atoms with E-state index >= 15 is 0 Å². The van der Waals surface area contributed by atoms with Gasteiger partial charge in [-0.3, -0.25) is 9.59 Å². The fourth-order valence-corrected chi connectivity index (χ4v) is 9.42. The number of carbonyl (C=O) groups excluding carboxylic acids is 2.